The molecule has 2 fully saturated rings. The zero-order chi connectivity index (χ0) is 17.9. The molecular weight excluding hydrogens is 314 g/mol. The highest BCUT2D eigenvalue weighted by Gasteiger charge is 2.48. The zero-order valence-corrected chi connectivity index (χ0v) is 15.9. The molecule has 5 heteroatoms. The molecule has 140 valence electrons. The van der Waals surface area contributed by atoms with Crippen LogP contribution in [0, 0.1) is 17.3 Å². The van der Waals surface area contributed by atoms with Gasteiger partial charge in [-0.1, -0.05) is 51.1 Å². The molecule has 2 aliphatic rings. The van der Waals surface area contributed by atoms with Crippen molar-refractivity contribution in [1.29, 1.82) is 0 Å². The molecule has 1 heterocycles. The van der Waals surface area contributed by atoms with Crippen molar-refractivity contribution < 1.29 is 9.32 Å². The van der Waals surface area contributed by atoms with Gasteiger partial charge in [-0.05, 0) is 37.0 Å². The molecule has 0 aliphatic heterocycles. The second-order valence-corrected chi connectivity index (χ2v) is 8.51. The number of urea groups is 1. The first-order chi connectivity index (χ1) is 12.0. The first kappa shape index (κ1) is 18.3. The number of rotatable bonds is 6. The number of aromatic nitrogens is 1. The molecule has 2 N–H and O–H groups in total. The van der Waals surface area contributed by atoms with Crippen molar-refractivity contribution in [2.24, 2.45) is 17.3 Å². The molecular formula is C20H33N3O2. The van der Waals surface area contributed by atoms with E-state index in [1.165, 1.54) is 32.1 Å². The standard InChI is InChI=1S/C20H33N3O2/c1-4-21-19(24)22-18-12-15(20(18,2)3)11-16-13-17(25-23-16)10-14-8-6-5-7-9-14/h13-15,18H,4-12H2,1-3H3,(H2,21,22,24)/t15-,18+/m1/s1. The van der Waals surface area contributed by atoms with E-state index in [2.05, 4.69) is 35.7 Å². The lowest BCUT2D eigenvalue weighted by Gasteiger charge is -2.52. The summed E-state index contributed by atoms with van der Waals surface area (Å²) >= 11 is 0. The van der Waals surface area contributed by atoms with E-state index in [1.807, 2.05) is 6.92 Å². The maximum Gasteiger partial charge on any atom is 0.315 e. The normalized spacial score (nSPS) is 26.0. The van der Waals surface area contributed by atoms with Crippen LogP contribution in [0.15, 0.2) is 10.6 Å². The van der Waals surface area contributed by atoms with Crippen molar-refractivity contribution in [2.45, 2.75) is 78.2 Å². The summed E-state index contributed by atoms with van der Waals surface area (Å²) in [5, 5.41) is 10.2. The first-order valence-electron chi connectivity index (χ1n) is 9.98. The van der Waals surface area contributed by atoms with Crippen LogP contribution in [0.1, 0.15) is 70.8 Å². The molecule has 2 atom stereocenters. The van der Waals surface area contributed by atoms with Crippen LogP contribution in [0.2, 0.25) is 0 Å². The monoisotopic (exact) mass is 347 g/mol. The van der Waals surface area contributed by atoms with E-state index >= 15 is 0 Å². The third-order valence-electron chi connectivity index (χ3n) is 6.39. The average molecular weight is 348 g/mol. The van der Waals surface area contributed by atoms with Gasteiger partial charge in [0, 0.05) is 25.1 Å². The van der Waals surface area contributed by atoms with E-state index < -0.39 is 0 Å². The van der Waals surface area contributed by atoms with Gasteiger partial charge >= 0.3 is 6.03 Å². The molecule has 1 aromatic rings. The van der Waals surface area contributed by atoms with Gasteiger partial charge in [0.2, 0.25) is 0 Å². The lowest BCUT2D eigenvalue weighted by molar-refractivity contribution is 0.0201. The van der Waals surface area contributed by atoms with Crippen molar-refractivity contribution >= 4 is 6.03 Å². The SMILES string of the molecule is CCNC(=O)N[C@H]1C[C@@H](Cc2cc(CC3CCCCC3)on2)C1(C)C. The molecule has 2 saturated carbocycles. The Labute approximate surface area is 151 Å². The summed E-state index contributed by atoms with van der Waals surface area (Å²) in [5.74, 6) is 2.36. The van der Waals surface area contributed by atoms with Gasteiger partial charge in [-0.15, -0.1) is 0 Å². The van der Waals surface area contributed by atoms with Crippen LogP contribution in [0.4, 0.5) is 4.79 Å². The van der Waals surface area contributed by atoms with Crippen LogP contribution in [0.5, 0.6) is 0 Å². The van der Waals surface area contributed by atoms with Crippen molar-refractivity contribution in [1.82, 2.24) is 15.8 Å². The van der Waals surface area contributed by atoms with Gasteiger partial charge in [-0.2, -0.15) is 0 Å². The Balaban J connectivity index is 1.49. The summed E-state index contributed by atoms with van der Waals surface area (Å²) in [6.07, 6.45) is 9.77. The third kappa shape index (κ3) is 4.36. The topological polar surface area (TPSA) is 67.2 Å². The average Bonchev–Trinajstić information content (AvgIpc) is 3.02. The van der Waals surface area contributed by atoms with Gasteiger partial charge in [-0.3, -0.25) is 0 Å². The van der Waals surface area contributed by atoms with Crippen molar-refractivity contribution in [3.8, 4) is 0 Å². The van der Waals surface area contributed by atoms with Gasteiger partial charge in [0.15, 0.2) is 0 Å². The largest absolute Gasteiger partial charge is 0.361 e. The molecule has 2 amide bonds. The van der Waals surface area contributed by atoms with Crippen LogP contribution in [-0.2, 0) is 12.8 Å². The van der Waals surface area contributed by atoms with E-state index in [4.69, 9.17) is 4.52 Å². The van der Waals surface area contributed by atoms with Crippen molar-refractivity contribution in [3.63, 3.8) is 0 Å². The van der Waals surface area contributed by atoms with Gasteiger partial charge in [-0.25, -0.2) is 4.79 Å². The molecule has 0 aromatic carbocycles. The summed E-state index contributed by atoms with van der Waals surface area (Å²) in [4.78, 5) is 11.7. The molecule has 1 aromatic heterocycles. The summed E-state index contributed by atoms with van der Waals surface area (Å²) in [6, 6.07) is 2.34. The summed E-state index contributed by atoms with van der Waals surface area (Å²) in [7, 11) is 0. The van der Waals surface area contributed by atoms with Gasteiger partial charge in [0.1, 0.15) is 5.76 Å². The number of amides is 2. The van der Waals surface area contributed by atoms with Crippen molar-refractivity contribution in [3.05, 3.63) is 17.5 Å². The quantitative estimate of drug-likeness (QED) is 0.815. The minimum Gasteiger partial charge on any atom is -0.361 e. The van der Waals surface area contributed by atoms with Gasteiger partial charge in [0.05, 0.1) is 5.69 Å². The second-order valence-electron chi connectivity index (χ2n) is 8.51. The fraction of sp³-hybridized carbons (Fsp3) is 0.800. The Bertz CT molecular complexity index is 575. The smallest absolute Gasteiger partial charge is 0.315 e. The lowest BCUT2D eigenvalue weighted by atomic mass is 9.57. The van der Waals surface area contributed by atoms with Crippen LogP contribution in [0.25, 0.3) is 0 Å². The van der Waals surface area contributed by atoms with Crippen LogP contribution < -0.4 is 10.6 Å². The minimum atomic E-state index is -0.0600. The first-order valence-corrected chi connectivity index (χ1v) is 9.98. The lowest BCUT2D eigenvalue weighted by Crippen LogP contribution is -2.60. The van der Waals surface area contributed by atoms with E-state index in [0.717, 1.165) is 36.6 Å². The molecule has 0 saturated heterocycles. The van der Waals surface area contributed by atoms with E-state index in [1.54, 1.807) is 0 Å². The summed E-state index contributed by atoms with van der Waals surface area (Å²) < 4.78 is 5.60. The molecule has 0 radical (unpaired) electrons. The van der Waals surface area contributed by atoms with Crippen LogP contribution >= 0.6 is 0 Å². The molecule has 0 bridgehead atoms. The summed E-state index contributed by atoms with van der Waals surface area (Å²) in [5.41, 5.74) is 1.16. The van der Waals surface area contributed by atoms with Crippen LogP contribution in [-0.4, -0.2) is 23.8 Å². The summed E-state index contributed by atoms with van der Waals surface area (Å²) in [6.45, 7) is 7.07. The maximum atomic E-state index is 11.7. The predicted molar refractivity (Wildman–Crippen MR) is 98.4 cm³/mol. The van der Waals surface area contributed by atoms with E-state index in [0.29, 0.717) is 12.5 Å². The molecule has 2 aliphatic carbocycles. The highest BCUT2D eigenvalue weighted by Crippen LogP contribution is 2.47. The van der Waals surface area contributed by atoms with Gasteiger partial charge in [0.25, 0.3) is 0 Å². The number of hydrogen-bond donors (Lipinski definition) is 2. The Morgan fingerprint density at radius 1 is 1.28 bits per heavy atom. The zero-order valence-electron chi connectivity index (χ0n) is 15.9. The van der Waals surface area contributed by atoms with Crippen molar-refractivity contribution in [2.75, 3.05) is 6.54 Å². The fourth-order valence-electron chi connectivity index (χ4n) is 4.45. The highest BCUT2D eigenvalue weighted by atomic mass is 16.5. The molecule has 0 spiro atoms. The third-order valence-corrected chi connectivity index (χ3v) is 6.39. The van der Waals surface area contributed by atoms with E-state index in [-0.39, 0.29) is 17.5 Å². The molecule has 3 rings (SSSR count). The fourth-order valence-corrected chi connectivity index (χ4v) is 4.45. The number of nitrogens with zero attached hydrogens (tertiary/aromatic N) is 1. The highest BCUT2D eigenvalue weighted by molar-refractivity contribution is 5.74. The number of nitrogens with one attached hydrogen (secondary N) is 2. The van der Waals surface area contributed by atoms with Crippen LogP contribution in [0.3, 0.4) is 0 Å². The second kappa shape index (κ2) is 7.79. The van der Waals surface area contributed by atoms with Gasteiger partial charge < -0.3 is 15.2 Å². The Hall–Kier alpha value is -1.52. The number of carbonyl (C=O) groups is 1. The Morgan fingerprint density at radius 2 is 2.04 bits per heavy atom. The number of carbonyl (C=O) groups excluding carboxylic acids is 1. The number of hydrogen-bond acceptors (Lipinski definition) is 3. The maximum absolute atomic E-state index is 11.7. The Morgan fingerprint density at radius 3 is 2.72 bits per heavy atom. The Kier molecular flexibility index (Phi) is 5.70. The minimum absolute atomic E-state index is 0.0600. The van der Waals surface area contributed by atoms with E-state index in [9.17, 15) is 4.79 Å². The molecule has 25 heavy (non-hydrogen) atoms. The molecule has 5 nitrogen and oxygen atoms in total. The predicted octanol–water partition coefficient (Wildman–Crippen LogP) is 4.07. The molecule has 0 unspecified atom stereocenters.